The molecule has 1 heterocycles. The average molecular weight is 274 g/mol. The van der Waals surface area contributed by atoms with Crippen molar-refractivity contribution in [1.82, 2.24) is 5.32 Å². The van der Waals surface area contributed by atoms with Crippen LogP contribution in [0.1, 0.15) is 37.1 Å². The van der Waals surface area contributed by atoms with Crippen LogP contribution in [-0.4, -0.2) is 14.1 Å². The van der Waals surface area contributed by atoms with Gasteiger partial charge in [0.05, 0.1) is 0 Å². The highest BCUT2D eigenvalue weighted by Gasteiger charge is 2.11. The molecule has 0 spiro atoms. The highest BCUT2D eigenvalue weighted by Crippen LogP contribution is 2.22. The van der Waals surface area contributed by atoms with Gasteiger partial charge in [0.2, 0.25) is 0 Å². The molecule has 0 fully saturated rings. The number of hydrogen-bond acceptors (Lipinski definition) is 3. The van der Waals surface area contributed by atoms with Crippen molar-refractivity contribution in [3.05, 3.63) is 52.2 Å². The van der Waals surface area contributed by atoms with Gasteiger partial charge in [-0.1, -0.05) is 12.1 Å². The van der Waals surface area contributed by atoms with Gasteiger partial charge in [-0.05, 0) is 53.9 Å². The summed E-state index contributed by atoms with van der Waals surface area (Å²) in [5, 5.41) is 7.98. The highest BCUT2D eigenvalue weighted by atomic mass is 32.1. The standard InChI is InChI=1S/C16H22N2S/c1-12(17-13(2)15-9-10-19-11-15)14-5-7-16(8-6-14)18(3)4/h5-13,17H,1-4H3. The summed E-state index contributed by atoms with van der Waals surface area (Å²) in [4.78, 5) is 2.12. The average Bonchev–Trinajstić information content (AvgIpc) is 2.92. The minimum atomic E-state index is 0.353. The van der Waals surface area contributed by atoms with Crippen LogP contribution in [0.3, 0.4) is 0 Å². The molecule has 2 unspecified atom stereocenters. The van der Waals surface area contributed by atoms with E-state index in [4.69, 9.17) is 0 Å². The topological polar surface area (TPSA) is 15.3 Å². The monoisotopic (exact) mass is 274 g/mol. The summed E-state index contributed by atoms with van der Waals surface area (Å²) in [5.74, 6) is 0. The molecule has 1 aromatic heterocycles. The Bertz CT molecular complexity index is 488. The van der Waals surface area contributed by atoms with Crippen LogP contribution in [-0.2, 0) is 0 Å². The van der Waals surface area contributed by atoms with Gasteiger partial charge in [0.25, 0.3) is 0 Å². The maximum atomic E-state index is 3.64. The first kappa shape index (κ1) is 14.1. The van der Waals surface area contributed by atoms with Crippen molar-refractivity contribution in [2.24, 2.45) is 0 Å². The van der Waals surface area contributed by atoms with Crippen LogP contribution in [0.4, 0.5) is 5.69 Å². The van der Waals surface area contributed by atoms with Gasteiger partial charge in [0, 0.05) is 31.9 Å². The molecule has 0 aliphatic heterocycles. The first-order chi connectivity index (χ1) is 9.08. The van der Waals surface area contributed by atoms with E-state index < -0.39 is 0 Å². The number of anilines is 1. The fraction of sp³-hybridized carbons (Fsp3) is 0.375. The zero-order valence-electron chi connectivity index (χ0n) is 12.1. The lowest BCUT2D eigenvalue weighted by molar-refractivity contribution is 0.495. The number of rotatable bonds is 5. The van der Waals surface area contributed by atoms with E-state index in [1.54, 1.807) is 11.3 Å². The van der Waals surface area contributed by atoms with Crippen molar-refractivity contribution in [1.29, 1.82) is 0 Å². The van der Waals surface area contributed by atoms with Crippen LogP contribution < -0.4 is 10.2 Å². The largest absolute Gasteiger partial charge is 0.378 e. The molecule has 0 bridgehead atoms. The summed E-state index contributed by atoms with van der Waals surface area (Å²) >= 11 is 1.75. The summed E-state index contributed by atoms with van der Waals surface area (Å²) in [5.41, 5.74) is 3.93. The Kier molecular flexibility index (Phi) is 4.61. The van der Waals surface area contributed by atoms with Crippen LogP contribution in [0.2, 0.25) is 0 Å². The molecule has 2 aromatic rings. The molecule has 102 valence electrons. The third-order valence-corrected chi connectivity index (χ3v) is 4.15. The number of thiophene rings is 1. The zero-order chi connectivity index (χ0) is 13.8. The van der Waals surface area contributed by atoms with Gasteiger partial charge in [-0.25, -0.2) is 0 Å². The van der Waals surface area contributed by atoms with Gasteiger partial charge in [-0.3, -0.25) is 0 Å². The predicted octanol–water partition coefficient (Wildman–Crippen LogP) is 4.23. The van der Waals surface area contributed by atoms with E-state index in [9.17, 15) is 0 Å². The van der Waals surface area contributed by atoms with Crippen molar-refractivity contribution >= 4 is 17.0 Å². The van der Waals surface area contributed by atoms with Crippen molar-refractivity contribution in [3.63, 3.8) is 0 Å². The van der Waals surface area contributed by atoms with Crippen molar-refractivity contribution < 1.29 is 0 Å². The van der Waals surface area contributed by atoms with E-state index in [0.717, 1.165) is 0 Å². The van der Waals surface area contributed by atoms with Gasteiger partial charge in [0.15, 0.2) is 0 Å². The second-order valence-corrected chi connectivity index (χ2v) is 5.93. The van der Waals surface area contributed by atoms with Crippen molar-refractivity contribution in [2.45, 2.75) is 25.9 Å². The molecule has 3 heteroatoms. The molecule has 1 N–H and O–H groups in total. The molecular weight excluding hydrogens is 252 g/mol. The second kappa shape index (κ2) is 6.22. The van der Waals surface area contributed by atoms with Crippen molar-refractivity contribution in [2.75, 3.05) is 19.0 Å². The Balaban J connectivity index is 2.01. The predicted molar refractivity (Wildman–Crippen MR) is 85.1 cm³/mol. The summed E-state index contributed by atoms with van der Waals surface area (Å²) in [7, 11) is 4.13. The second-order valence-electron chi connectivity index (χ2n) is 5.15. The van der Waals surface area contributed by atoms with Gasteiger partial charge in [-0.2, -0.15) is 11.3 Å². The molecule has 0 amide bonds. The Labute approximate surface area is 120 Å². The number of hydrogen-bond donors (Lipinski definition) is 1. The van der Waals surface area contributed by atoms with E-state index >= 15 is 0 Å². The Morgan fingerprint density at radius 2 is 1.58 bits per heavy atom. The Hall–Kier alpha value is -1.32. The van der Waals surface area contributed by atoms with Gasteiger partial charge < -0.3 is 10.2 Å². The number of benzene rings is 1. The molecule has 0 radical (unpaired) electrons. The molecule has 0 aliphatic carbocycles. The fourth-order valence-corrected chi connectivity index (χ4v) is 2.90. The Morgan fingerprint density at radius 1 is 0.947 bits per heavy atom. The first-order valence-electron chi connectivity index (χ1n) is 6.63. The molecule has 19 heavy (non-hydrogen) atoms. The third kappa shape index (κ3) is 3.58. The molecule has 0 saturated carbocycles. The Morgan fingerprint density at radius 3 is 2.11 bits per heavy atom. The van der Waals surface area contributed by atoms with Crippen LogP contribution in [0.25, 0.3) is 0 Å². The quantitative estimate of drug-likeness (QED) is 0.878. The number of nitrogens with zero attached hydrogens (tertiary/aromatic N) is 1. The van der Waals surface area contributed by atoms with Crippen LogP contribution in [0.15, 0.2) is 41.1 Å². The molecule has 2 atom stereocenters. The lowest BCUT2D eigenvalue weighted by Crippen LogP contribution is -2.22. The van der Waals surface area contributed by atoms with E-state index in [1.165, 1.54) is 16.8 Å². The molecule has 2 nitrogen and oxygen atoms in total. The summed E-state index contributed by atoms with van der Waals surface area (Å²) in [6.45, 7) is 4.43. The molecule has 2 rings (SSSR count). The maximum absolute atomic E-state index is 3.64. The smallest absolute Gasteiger partial charge is 0.0361 e. The van der Waals surface area contributed by atoms with Gasteiger partial charge in [0.1, 0.15) is 0 Å². The van der Waals surface area contributed by atoms with Gasteiger partial charge >= 0.3 is 0 Å². The van der Waals surface area contributed by atoms with E-state index in [0.29, 0.717) is 12.1 Å². The normalized spacial score (nSPS) is 14.1. The van der Waals surface area contributed by atoms with E-state index in [1.807, 2.05) is 0 Å². The lowest BCUT2D eigenvalue weighted by atomic mass is 10.1. The minimum absolute atomic E-state index is 0.353. The van der Waals surface area contributed by atoms with Crippen LogP contribution in [0.5, 0.6) is 0 Å². The van der Waals surface area contributed by atoms with Crippen LogP contribution in [0, 0.1) is 0 Å². The van der Waals surface area contributed by atoms with Crippen LogP contribution >= 0.6 is 11.3 Å². The first-order valence-corrected chi connectivity index (χ1v) is 7.57. The molecular formula is C16H22N2S. The fourth-order valence-electron chi connectivity index (χ4n) is 2.15. The lowest BCUT2D eigenvalue weighted by Gasteiger charge is -2.21. The SMILES string of the molecule is CC(NC(C)c1ccsc1)c1ccc(N(C)C)cc1. The van der Waals surface area contributed by atoms with E-state index in [-0.39, 0.29) is 0 Å². The molecule has 1 aromatic carbocycles. The maximum Gasteiger partial charge on any atom is 0.0361 e. The summed E-state index contributed by atoms with van der Waals surface area (Å²) in [6.07, 6.45) is 0. The number of nitrogens with one attached hydrogen (secondary N) is 1. The molecule has 0 saturated heterocycles. The highest BCUT2D eigenvalue weighted by molar-refractivity contribution is 7.07. The van der Waals surface area contributed by atoms with Gasteiger partial charge in [-0.15, -0.1) is 0 Å². The van der Waals surface area contributed by atoms with Crippen molar-refractivity contribution in [3.8, 4) is 0 Å². The van der Waals surface area contributed by atoms with E-state index in [2.05, 4.69) is 79.3 Å². The molecule has 0 aliphatic rings. The third-order valence-electron chi connectivity index (χ3n) is 3.45. The minimum Gasteiger partial charge on any atom is -0.378 e. The summed E-state index contributed by atoms with van der Waals surface area (Å²) in [6, 6.07) is 11.7. The zero-order valence-corrected chi connectivity index (χ0v) is 12.9. The summed E-state index contributed by atoms with van der Waals surface area (Å²) < 4.78 is 0.